The summed E-state index contributed by atoms with van der Waals surface area (Å²) in [7, 11) is 0. The first kappa shape index (κ1) is 15.2. The smallest absolute Gasteiger partial charge is 0.197 e. The molecule has 2 aliphatic heterocycles. The molecule has 0 N–H and O–H groups in total. The van der Waals surface area contributed by atoms with Crippen molar-refractivity contribution in [2.24, 2.45) is 0 Å². The van der Waals surface area contributed by atoms with E-state index >= 15 is 0 Å². The molecule has 2 heterocycles. The SMILES string of the molecule is CCC1=C2Oc3ccccc3C=C2C(=O)C2=Cc3ccccc3O[C@]21C. The number of benzene rings is 2. The van der Waals surface area contributed by atoms with Gasteiger partial charge >= 0.3 is 0 Å². The first-order chi connectivity index (χ1) is 12.6. The number of allylic oxidation sites excluding steroid dienone is 1. The number of para-hydroxylation sites is 2. The van der Waals surface area contributed by atoms with E-state index in [-0.39, 0.29) is 5.78 Å². The number of carbonyl (C=O) groups is 1. The van der Waals surface area contributed by atoms with Crippen molar-refractivity contribution in [1.29, 1.82) is 0 Å². The van der Waals surface area contributed by atoms with Crippen LogP contribution in [0.5, 0.6) is 11.5 Å². The van der Waals surface area contributed by atoms with Gasteiger partial charge in [0.1, 0.15) is 17.3 Å². The normalized spacial score (nSPS) is 22.8. The molecule has 0 fully saturated rings. The molecule has 0 radical (unpaired) electrons. The van der Waals surface area contributed by atoms with Gasteiger partial charge in [-0.1, -0.05) is 43.3 Å². The fraction of sp³-hybridized carbons (Fsp3) is 0.174. The van der Waals surface area contributed by atoms with Crippen LogP contribution in [0.25, 0.3) is 12.2 Å². The average molecular weight is 342 g/mol. The third kappa shape index (κ3) is 1.91. The molecule has 128 valence electrons. The molecule has 0 spiro atoms. The van der Waals surface area contributed by atoms with E-state index in [1.807, 2.05) is 67.6 Å². The van der Waals surface area contributed by atoms with Gasteiger partial charge in [-0.15, -0.1) is 0 Å². The van der Waals surface area contributed by atoms with Crippen LogP contribution in [0.4, 0.5) is 0 Å². The summed E-state index contributed by atoms with van der Waals surface area (Å²) in [6.45, 7) is 4.05. The van der Waals surface area contributed by atoms with Crippen molar-refractivity contribution in [2.75, 3.05) is 0 Å². The van der Waals surface area contributed by atoms with Crippen molar-refractivity contribution < 1.29 is 14.3 Å². The van der Waals surface area contributed by atoms with Gasteiger partial charge in [0.15, 0.2) is 11.4 Å². The number of hydrogen-bond acceptors (Lipinski definition) is 3. The molecule has 3 heteroatoms. The molecule has 1 atom stereocenters. The maximum absolute atomic E-state index is 13.3. The quantitative estimate of drug-likeness (QED) is 0.736. The fourth-order valence-electron chi connectivity index (χ4n) is 4.10. The fourth-order valence-corrected chi connectivity index (χ4v) is 4.10. The summed E-state index contributed by atoms with van der Waals surface area (Å²) in [4.78, 5) is 13.3. The second kappa shape index (κ2) is 5.21. The Morgan fingerprint density at radius 1 is 0.923 bits per heavy atom. The highest BCUT2D eigenvalue weighted by atomic mass is 16.5. The Labute approximate surface area is 152 Å². The van der Waals surface area contributed by atoms with Crippen molar-refractivity contribution in [2.45, 2.75) is 25.9 Å². The third-order valence-corrected chi connectivity index (χ3v) is 5.42. The van der Waals surface area contributed by atoms with E-state index in [1.54, 1.807) is 0 Å². The van der Waals surface area contributed by atoms with Crippen LogP contribution in [-0.4, -0.2) is 11.4 Å². The lowest BCUT2D eigenvalue weighted by Crippen LogP contribution is -2.47. The lowest BCUT2D eigenvalue weighted by Gasteiger charge is -2.43. The van der Waals surface area contributed by atoms with Gasteiger partial charge in [-0.2, -0.15) is 0 Å². The Balaban J connectivity index is 1.79. The molecule has 3 nitrogen and oxygen atoms in total. The number of rotatable bonds is 1. The first-order valence-electron chi connectivity index (χ1n) is 8.89. The van der Waals surface area contributed by atoms with Crippen molar-refractivity contribution in [1.82, 2.24) is 0 Å². The lowest BCUT2D eigenvalue weighted by molar-refractivity contribution is -0.114. The predicted molar refractivity (Wildman–Crippen MR) is 101 cm³/mol. The van der Waals surface area contributed by atoms with Gasteiger partial charge in [-0.05, 0) is 37.6 Å². The molecule has 2 aromatic rings. The molecule has 0 aromatic heterocycles. The Morgan fingerprint density at radius 2 is 1.58 bits per heavy atom. The second-order valence-electron chi connectivity index (χ2n) is 6.92. The van der Waals surface area contributed by atoms with Crippen LogP contribution >= 0.6 is 0 Å². The zero-order chi connectivity index (χ0) is 17.9. The number of carbonyl (C=O) groups excluding carboxylic acids is 1. The van der Waals surface area contributed by atoms with Gasteiger partial charge < -0.3 is 9.47 Å². The van der Waals surface area contributed by atoms with E-state index in [9.17, 15) is 4.79 Å². The van der Waals surface area contributed by atoms with Gasteiger partial charge in [0.25, 0.3) is 0 Å². The zero-order valence-corrected chi connectivity index (χ0v) is 14.7. The molecule has 0 saturated carbocycles. The summed E-state index contributed by atoms with van der Waals surface area (Å²) in [5, 5.41) is 0. The number of ether oxygens (including phenoxy) is 2. The number of fused-ring (bicyclic) bond motifs is 4. The minimum absolute atomic E-state index is 0.0243. The van der Waals surface area contributed by atoms with E-state index in [4.69, 9.17) is 9.47 Å². The highest BCUT2D eigenvalue weighted by Crippen LogP contribution is 2.49. The summed E-state index contributed by atoms with van der Waals surface area (Å²) in [6, 6.07) is 15.6. The van der Waals surface area contributed by atoms with Crippen LogP contribution in [0.1, 0.15) is 31.4 Å². The minimum atomic E-state index is -0.806. The average Bonchev–Trinajstić information content (AvgIpc) is 2.66. The minimum Gasteiger partial charge on any atom is -0.478 e. The molecule has 0 unspecified atom stereocenters. The van der Waals surface area contributed by atoms with Crippen LogP contribution in [0, 0.1) is 0 Å². The predicted octanol–water partition coefficient (Wildman–Crippen LogP) is 4.94. The van der Waals surface area contributed by atoms with Gasteiger partial charge in [0.05, 0.1) is 5.57 Å². The first-order valence-corrected chi connectivity index (χ1v) is 8.89. The van der Waals surface area contributed by atoms with E-state index in [2.05, 4.69) is 6.92 Å². The van der Waals surface area contributed by atoms with Gasteiger partial charge in [-0.3, -0.25) is 4.79 Å². The van der Waals surface area contributed by atoms with Crippen LogP contribution in [0.15, 0.2) is 71.0 Å². The van der Waals surface area contributed by atoms with Crippen molar-refractivity contribution in [3.8, 4) is 11.5 Å². The maximum Gasteiger partial charge on any atom is 0.197 e. The monoisotopic (exact) mass is 342 g/mol. The molecule has 0 saturated heterocycles. The molecule has 1 aliphatic carbocycles. The second-order valence-corrected chi connectivity index (χ2v) is 6.92. The van der Waals surface area contributed by atoms with E-state index in [0.717, 1.165) is 34.6 Å². The van der Waals surface area contributed by atoms with E-state index in [0.29, 0.717) is 16.9 Å². The van der Waals surface area contributed by atoms with Crippen molar-refractivity contribution in [3.63, 3.8) is 0 Å². The molecule has 0 amide bonds. The Bertz CT molecular complexity index is 1050. The number of ketones is 1. The molecular weight excluding hydrogens is 324 g/mol. The highest BCUT2D eigenvalue weighted by Gasteiger charge is 2.49. The molecule has 0 bridgehead atoms. The van der Waals surface area contributed by atoms with Crippen molar-refractivity contribution in [3.05, 3.63) is 82.1 Å². The Hall–Kier alpha value is -3.07. The van der Waals surface area contributed by atoms with Crippen LogP contribution in [-0.2, 0) is 4.79 Å². The molecular formula is C23H18O3. The highest BCUT2D eigenvalue weighted by molar-refractivity contribution is 6.20. The molecule has 3 aliphatic rings. The standard InChI is InChI=1S/C23H18O3/c1-3-17-22-16(12-14-8-4-6-10-19(14)25-22)21(24)18-13-15-9-5-7-11-20(15)26-23(17,18)2/h4-13H,3H2,1-2H3/t23-/m0/s1. The molecule has 5 rings (SSSR count). The van der Waals surface area contributed by atoms with Gasteiger partial charge in [-0.25, -0.2) is 0 Å². The maximum atomic E-state index is 13.3. The summed E-state index contributed by atoms with van der Waals surface area (Å²) in [5.74, 6) is 2.19. The molecule has 26 heavy (non-hydrogen) atoms. The summed E-state index contributed by atoms with van der Waals surface area (Å²) >= 11 is 0. The number of Topliss-reactive ketones (excluding diaryl/α,β-unsaturated/α-hetero) is 1. The van der Waals surface area contributed by atoms with Crippen LogP contribution in [0.2, 0.25) is 0 Å². The number of hydrogen-bond donors (Lipinski definition) is 0. The topological polar surface area (TPSA) is 35.5 Å². The van der Waals surface area contributed by atoms with Crippen molar-refractivity contribution >= 4 is 17.9 Å². The van der Waals surface area contributed by atoms with E-state index < -0.39 is 5.60 Å². The van der Waals surface area contributed by atoms with Crippen LogP contribution in [0.3, 0.4) is 0 Å². The lowest BCUT2D eigenvalue weighted by atomic mass is 9.72. The van der Waals surface area contributed by atoms with Gasteiger partial charge in [0.2, 0.25) is 0 Å². The Morgan fingerprint density at radius 3 is 2.31 bits per heavy atom. The Kier molecular flexibility index (Phi) is 3.05. The summed E-state index contributed by atoms with van der Waals surface area (Å²) in [5.41, 5.74) is 3.34. The van der Waals surface area contributed by atoms with Gasteiger partial charge in [0, 0.05) is 22.3 Å². The van der Waals surface area contributed by atoms with Crippen LogP contribution < -0.4 is 9.47 Å². The zero-order valence-electron chi connectivity index (χ0n) is 14.7. The summed E-state index contributed by atoms with van der Waals surface area (Å²) < 4.78 is 12.6. The summed E-state index contributed by atoms with van der Waals surface area (Å²) in [6.07, 6.45) is 4.64. The molecule has 2 aromatic carbocycles. The van der Waals surface area contributed by atoms with E-state index in [1.165, 1.54) is 0 Å². The third-order valence-electron chi connectivity index (χ3n) is 5.42. The largest absolute Gasteiger partial charge is 0.478 e.